The molecule has 0 atom stereocenters. The molecule has 0 aliphatic heterocycles. The molecular formula is C11H14FN3O5. The molecule has 0 aromatic heterocycles. The minimum atomic E-state index is -0.750. The summed E-state index contributed by atoms with van der Waals surface area (Å²) < 4.78 is 14.5. The van der Waals surface area contributed by atoms with Crippen LogP contribution in [0.15, 0.2) is 18.2 Å². The van der Waals surface area contributed by atoms with Gasteiger partial charge in [0.2, 0.25) is 5.91 Å². The van der Waals surface area contributed by atoms with Crippen molar-refractivity contribution < 1.29 is 23.6 Å². The van der Waals surface area contributed by atoms with Gasteiger partial charge in [0.15, 0.2) is 0 Å². The fourth-order valence-corrected chi connectivity index (χ4v) is 1.35. The van der Waals surface area contributed by atoms with Gasteiger partial charge < -0.3 is 15.8 Å². The zero-order valence-corrected chi connectivity index (χ0v) is 10.7. The van der Waals surface area contributed by atoms with Gasteiger partial charge in [-0.3, -0.25) is 19.7 Å². The van der Waals surface area contributed by atoms with Crippen LogP contribution in [0.5, 0.6) is 0 Å². The monoisotopic (exact) mass is 287 g/mol. The highest BCUT2D eigenvalue weighted by Crippen LogP contribution is 2.28. The minimum absolute atomic E-state index is 0.134. The number of benzene rings is 1. The van der Waals surface area contributed by atoms with Gasteiger partial charge in [-0.2, -0.15) is 4.39 Å². The molecule has 1 rings (SSSR count). The van der Waals surface area contributed by atoms with Crippen LogP contribution in [0.2, 0.25) is 0 Å². The van der Waals surface area contributed by atoms with Gasteiger partial charge in [-0.05, 0) is 0 Å². The van der Waals surface area contributed by atoms with Gasteiger partial charge in [0, 0.05) is 18.7 Å². The lowest BCUT2D eigenvalue weighted by molar-refractivity contribution is -0.384. The standard InChI is InChI=1S/C10H13N3O4.CHFO/c1-17-6-7-3-2-4-8(13(15)16)10(7)12-9(14)5-11;2-1-3/h2-4H,5-6,11H2,1H3,(H,12,14);1H. The lowest BCUT2D eigenvalue weighted by Gasteiger charge is -2.10. The summed E-state index contributed by atoms with van der Waals surface area (Å²) in [7, 11) is 1.47. The highest BCUT2D eigenvalue weighted by Gasteiger charge is 2.18. The van der Waals surface area contributed by atoms with Crippen LogP contribution in [-0.2, 0) is 20.9 Å². The molecule has 1 aromatic carbocycles. The van der Waals surface area contributed by atoms with Gasteiger partial charge in [-0.25, -0.2) is 0 Å². The zero-order valence-electron chi connectivity index (χ0n) is 10.7. The number of ether oxygens (including phenoxy) is 1. The first-order valence-corrected chi connectivity index (χ1v) is 5.30. The van der Waals surface area contributed by atoms with Crippen molar-refractivity contribution in [3.8, 4) is 0 Å². The number of nitrogens with zero attached hydrogens (tertiary/aromatic N) is 1. The van der Waals surface area contributed by atoms with E-state index in [2.05, 4.69) is 5.32 Å². The molecule has 0 fully saturated rings. The summed E-state index contributed by atoms with van der Waals surface area (Å²) in [6, 6.07) is 4.48. The summed E-state index contributed by atoms with van der Waals surface area (Å²) in [6.45, 7) is -0.819. The first-order valence-electron chi connectivity index (χ1n) is 5.30. The van der Waals surface area contributed by atoms with Crippen molar-refractivity contribution in [2.24, 2.45) is 5.73 Å². The molecule has 0 saturated carbocycles. The Morgan fingerprint density at radius 3 is 2.65 bits per heavy atom. The van der Waals surface area contributed by atoms with E-state index in [0.717, 1.165) is 0 Å². The zero-order chi connectivity index (χ0) is 15.5. The topological polar surface area (TPSA) is 125 Å². The fourth-order valence-electron chi connectivity index (χ4n) is 1.35. The molecule has 0 aliphatic carbocycles. The number of carbonyl (C=O) groups excluding carboxylic acids is 2. The van der Waals surface area contributed by atoms with Crippen LogP contribution in [0.1, 0.15) is 5.56 Å². The Morgan fingerprint density at radius 1 is 1.60 bits per heavy atom. The second kappa shape index (κ2) is 9.53. The van der Waals surface area contributed by atoms with Crippen molar-refractivity contribution in [2.75, 3.05) is 19.0 Å². The van der Waals surface area contributed by atoms with E-state index in [1.165, 1.54) is 19.2 Å². The molecule has 0 heterocycles. The van der Waals surface area contributed by atoms with Crippen molar-refractivity contribution in [1.82, 2.24) is 0 Å². The summed E-state index contributed by atoms with van der Waals surface area (Å²) in [5.74, 6) is -0.489. The van der Waals surface area contributed by atoms with E-state index in [9.17, 15) is 19.3 Å². The third-order valence-corrected chi connectivity index (χ3v) is 2.08. The number of nitrogens with two attached hydrogens (primary N) is 1. The van der Waals surface area contributed by atoms with Crippen LogP contribution in [-0.4, -0.2) is 31.0 Å². The first-order chi connectivity index (χ1) is 9.51. The molecule has 0 radical (unpaired) electrons. The van der Waals surface area contributed by atoms with E-state index in [4.69, 9.17) is 15.3 Å². The van der Waals surface area contributed by atoms with Crippen LogP contribution in [0.4, 0.5) is 15.8 Å². The molecule has 1 amide bonds. The fraction of sp³-hybridized carbons (Fsp3) is 0.273. The van der Waals surface area contributed by atoms with E-state index >= 15 is 0 Å². The summed E-state index contributed by atoms with van der Waals surface area (Å²) in [6.07, 6.45) is 0. The lowest BCUT2D eigenvalue weighted by atomic mass is 10.1. The maximum Gasteiger partial charge on any atom is 0.293 e. The third kappa shape index (κ3) is 5.50. The smallest absolute Gasteiger partial charge is 0.293 e. The van der Waals surface area contributed by atoms with E-state index in [0.29, 0.717) is 5.56 Å². The van der Waals surface area contributed by atoms with Crippen LogP contribution in [0.3, 0.4) is 0 Å². The van der Waals surface area contributed by atoms with E-state index in [1.807, 2.05) is 0 Å². The molecule has 0 bridgehead atoms. The Bertz CT molecular complexity index is 481. The highest BCUT2D eigenvalue weighted by atomic mass is 19.1. The molecule has 0 saturated heterocycles. The first kappa shape index (κ1) is 17.6. The number of para-hydroxylation sites is 1. The number of halogens is 1. The number of rotatable bonds is 5. The van der Waals surface area contributed by atoms with Gasteiger partial charge >= 0.3 is 0 Å². The molecule has 1 aromatic rings. The number of methoxy groups -OCH3 is 1. The number of hydrogen-bond acceptors (Lipinski definition) is 6. The number of amides is 1. The van der Waals surface area contributed by atoms with Crippen molar-refractivity contribution in [3.63, 3.8) is 0 Å². The highest BCUT2D eigenvalue weighted by molar-refractivity contribution is 5.95. The average Bonchev–Trinajstić information content (AvgIpc) is 2.41. The molecule has 110 valence electrons. The molecule has 0 aliphatic rings. The SMILES string of the molecule is COCc1cccc([N+](=O)[O-])c1NC(=O)CN.O=CF. The Kier molecular flexibility index (Phi) is 8.39. The number of hydrogen-bond donors (Lipinski definition) is 2. The molecular weight excluding hydrogens is 273 g/mol. The Balaban J connectivity index is 0.00000110. The van der Waals surface area contributed by atoms with Crippen molar-refractivity contribution >= 4 is 23.8 Å². The van der Waals surface area contributed by atoms with Crippen molar-refractivity contribution in [3.05, 3.63) is 33.9 Å². The summed E-state index contributed by atoms with van der Waals surface area (Å²) in [5, 5.41) is 13.2. The van der Waals surface area contributed by atoms with Crippen LogP contribution in [0, 0.1) is 10.1 Å². The van der Waals surface area contributed by atoms with E-state index in [1.54, 1.807) is 6.07 Å². The second-order valence-electron chi connectivity index (χ2n) is 3.34. The Hall–Kier alpha value is -2.39. The quantitative estimate of drug-likeness (QED) is 0.357. The van der Waals surface area contributed by atoms with Gasteiger partial charge in [0.1, 0.15) is 5.69 Å². The average molecular weight is 287 g/mol. The second-order valence-corrected chi connectivity index (χ2v) is 3.34. The van der Waals surface area contributed by atoms with Crippen molar-refractivity contribution in [1.29, 1.82) is 0 Å². The molecule has 20 heavy (non-hydrogen) atoms. The maximum atomic E-state index is 11.2. The molecule has 3 N–H and O–H groups in total. The molecule has 0 spiro atoms. The number of carbonyl (C=O) groups is 2. The van der Waals surface area contributed by atoms with E-state index < -0.39 is 17.4 Å². The third-order valence-electron chi connectivity index (χ3n) is 2.08. The summed E-state index contributed by atoms with van der Waals surface area (Å²) in [5.41, 5.74) is 5.64. The van der Waals surface area contributed by atoms with Gasteiger partial charge in [-0.1, -0.05) is 12.1 Å². The van der Waals surface area contributed by atoms with Gasteiger partial charge in [-0.15, -0.1) is 0 Å². The largest absolute Gasteiger partial charge is 0.380 e. The number of anilines is 1. The summed E-state index contributed by atoms with van der Waals surface area (Å²) >= 11 is 0. The molecule has 8 nitrogen and oxygen atoms in total. The lowest BCUT2D eigenvalue weighted by Crippen LogP contribution is -2.23. The predicted octanol–water partition coefficient (Wildman–Crippen LogP) is 0.784. The summed E-state index contributed by atoms with van der Waals surface area (Å²) in [4.78, 5) is 29.6. The van der Waals surface area contributed by atoms with Gasteiger partial charge in [0.05, 0.1) is 18.1 Å². The number of nitro groups is 1. The number of nitrogens with one attached hydrogen (secondary N) is 1. The van der Waals surface area contributed by atoms with Crippen LogP contribution >= 0.6 is 0 Å². The maximum absolute atomic E-state index is 11.2. The van der Waals surface area contributed by atoms with Crippen LogP contribution < -0.4 is 11.1 Å². The Labute approximate surface area is 113 Å². The van der Waals surface area contributed by atoms with Gasteiger partial charge in [0.25, 0.3) is 12.2 Å². The normalized spacial score (nSPS) is 9.15. The molecule has 0 unspecified atom stereocenters. The van der Waals surface area contributed by atoms with Crippen molar-refractivity contribution in [2.45, 2.75) is 6.61 Å². The van der Waals surface area contributed by atoms with E-state index in [-0.39, 0.29) is 24.5 Å². The Morgan fingerprint density at radius 2 is 2.20 bits per heavy atom. The number of nitro benzene ring substituents is 1. The molecule has 9 heteroatoms. The van der Waals surface area contributed by atoms with Crippen LogP contribution in [0.25, 0.3) is 0 Å². The minimum Gasteiger partial charge on any atom is -0.380 e. The predicted molar refractivity (Wildman–Crippen MR) is 69.4 cm³/mol.